The maximum atomic E-state index is 9.98. The Kier molecular flexibility index (Phi) is 9.93. The van der Waals surface area contributed by atoms with Crippen LogP contribution in [0, 0.1) is 0 Å². The average Bonchev–Trinajstić information content (AvgIpc) is 3.25. The molecule has 5 N–H and O–H groups in total. The number of unbranched alkanes of at least 4 members (excludes halogenated alkanes) is 2. The van der Waals surface area contributed by atoms with Crippen molar-refractivity contribution in [2.24, 2.45) is 0 Å². The number of aliphatic hydroxyl groups excluding tert-OH is 3. The molecule has 4 unspecified atom stereocenters. The van der Waals surface area contributed by atoms with Gasteiger partial charge < -0.3 is 30.4 Å². The predicted molar refractivity (Wildman–Crippen MR) is 110 cm³/mol. The van der Waals surface area contributed by atoms with Crippen LogP contribution in [0.25, 0.3) is 11.0 Å². The Morgan fingerprint density at radius 2 is 1.82 bits per heavy atom. The summed E-state index contributed by atoms with van der Waals surface area (Å²) < 4.78 is 10.3. The maximum absolute atomic E-state index is 9.98. The fraction of sp³-hybridized carbons (Fsp3) is 0.684. The topological polar surface area (TPSA) is 127 Å². The monoisotopic (exact) mass is 500 g/mol. The normalized spacial score (nSPS) is 24.3. The van der Waals surface area contributed by atoms with Gasteiger partial charge in [0.05, 0.1) is 12.0 Å². The summed E-state index contributed by atoms with van der Waals surface area (Å²) in [6.07, 6.45) is 4.86. The zero-order chi connectivity index (χ0) is 20.5. The van der Waals surface area contributed by atoms with E-state index in [4.69, 9.17) is 15.6 Å². The summed E-state index contributed by atoms with van der Waals surface area (Å²) in [6, 6.07) is 1.71. The van der Waals surface area contributed by atoms with E-state index in [0.717, 1.165) is 0 Å². The summed E-state index contributed by atoms with van der Waals surface area (Å²) in [5.74, 6) is 0.329. The van der Waals surface area contributed by atoms with Crippen LogP contribution in [0.4, 0.5) is 5.82 Å². The smallest absolute Gasteiger partial charge is 0.164 e. The third kappa shape index (κ3) is 5.79. The van der Waals surface area contributed by atoms with Crippen molar-refractivity contribution in [1.29, 1.82) is 0 Å². The van der Waals surface area contributed by atoms with E-state index in [1.807, 2.05) is 0 Å². The summed E-state index contributed by atoms with van der Waals surface area (Å²) in [4.78, 5) is 7.97. The van der Waals surface area contributed by atoms with Crippen LogP contribution in [-0.4, -0.2) is 75.9 Å². The molecule has 1 fully saturated rings. The van der Waals surface area contributed by atoms with Gasteiger partial charge in [-0.15, -0.1) is 0 Å². The van der Waals surface area contributed by atoms with Gasteiger partial charge in [0.15, 0.2) is 6.23 Å². The van der Waals surface area contributed by atoms with Gasteiger partial charge in [0.2, 0.25) is 0 Å². The van der Waals surface area contributed by atoms with Gasteiger partial charge in [0.1, 0.15) is 36.1 Å². The molecule has 2 aromatic heterocycles. The number of hydrogen-bond donors (Lipinski definition) is 4. The fourth-order valence-corrected chi connectivity index (χ4v) is 7.19. The number of aromatic nitrogens is 3. The standard InChI is InChI=1S/C11H14N4O4.2C4H9.Sn/c12-9-5-1-2-15(10(5)14-4-13-9)11-8(18)7(17)6(3-16)19-11;2*1-3-4-2;/h1-2,4,6-8,11,16-18H,3H2,(H2,12,13,14);2*1,3-4H2,2H3;. The molecule has 0 saturated carbocycles. The fourth-order valence-electron chi connectivity index (χ4n) is 3.03. The van der Waals surface area contributed by atoms with Crippen molar-refractivity contribution >= 4 is 38.0 Å². The predicted octanol–water partition coefficient (Wildman–Crippen LogP) is 1.75. The molecule has 1 saturated heterocycles. The Hall–Kier alpha value is -0.941. The van der Waals surface area contributed by atoms with E-state index in [9.17, 15) is 10.2 Å². The largest absolute Gasteiger partial charge is 0.394 e. The number of hydrogen-bond acceptors (Lipinski definition) is 7. The van der Waals surface area contributed by atoms with E-state index in [2.05, 4.69) is 23.8 Å². The first-order valence-electron chi connectivity index (χ1n) is 9.95. The van der Waals surface area contributed by atoms with Crippen LogP contribution in [-0.2, 0) is 4.74 Å². The van der Waals surface area contributed by atoms with Crippen molar-refractivity contribution < 1.29 is 20.1 Å². The van der Waals surface area contributed by atoms with Crippen molar-refractivity contribution in [3.8, 4) is 0 Å². The van der Waals surface area contributed by atoms with Crippen molar-refractivity contribution in [2.45, 2.75) is 72.9 Å². The number of anilines is 1. The summed E-state index contributed by atoms with van der Waals surface area (Å²) in [7, 11) is 0. The molecule has 0 bridgehead atoms. The van der Waals surface area contributed by atoms with Gasteiger partial charge in [0.25, 0.3) is 0 Å². The van der Waals surface area contributed by atoms with Crippen LogP contribution in [0.5, 0.6) is 0 Å². The molecule has 0 spiro atoms. The van der Waals surface area contributed by atoms with Gasteiger partial charge in [-0.25, -0.2) is 9.97 Å². The first-order chi connectivity index (χ1) is 13.5. The number of nitrogen functional groups attached to an aromatic ring is 1. The van der Waals surface area contributed by atoms with Crippen LogP contribution in [0.1, 0.15) is 45.8 Å². The van der Waals surface area contributed by atoms with Gasteiger partial charge in [0, 0.05) is 6.20 Å². The molecule has 4 atom stereocenters. The quantitative estimate of drug-likeness (QED) is 0.322. The molecule has 2 radical (unpaired) electrons. The van der Waals surface area contributed by atoms with E-state index in [-0.39, 0.29) is 27.7 Å². The molecule has 28 heavy (non-hydrogen) atoms. The molecule has 0 amide bonds. The number of nitrogens with two attached hydrogens (primary N) is 1. The van der Waals surface area contributed by atoms with E-state index >= 15 is 0 Å². The van der Waals surface area contributed by atoms with Crippen molar-refractivity contribution in [3.05, 3.63) is 18.6 Å². The molecule has 0 aliphatic carbocycles. The van der Waals surface area contributed by atoms with Gasteiger partial charge >= 0.3 is 69.5 Å². The van der Waals surface area contributed by atoms with Gasteiger partial charge in [-0.1, -0.05) is 0 Å². The van der Waals surface area contributed by atoms with E-state index in [1.54, 1.807) is 25.7 Å². The van der Waals surface area contributed by atoms with Crippen LogP contribution in [0.3, 0.4) is 0 Å². The Morgan fingerprint density at radius 1 is 1.14 bits per heavy atom. The van der Waals surface area contributed by atoms with Crippen molar-refractivity contribution in [3.63, 3.8) is 0 Å². The molecule has 1 aliphatic heterocycles. The molecule has 0 aromatic carbocycles. The third-order valence-corrected chi connectivity index (χ3v) is 8.78. The molecule has 8 nitrogen and oxygen atoms in total. The maximum Gasteiger partial charge on any atom is 0.164 e. The minimum atomic E-state index is -1.15. The molecule has 156 valence electrons. The first-order valence-corrected chi connectivity index (χ1v) is 14.0. The average molecular weight is 499 g/mol. The Labute approximate surface area is 176 Å². The van der Waals surface area contributed by atoms with E-state index < -0.39 is 24.5 Å². The van der Waals surface area contributed by atoms with Gasteiger partial charge in [-0.05, 0) is 6.07 Å². The molecule has 3 rings (SSSR count). The Bertz CT molecular complexity index is 708. The van der Waals surface area contributed by atoms with Crippen molar-refractivity contribution in [1.82, 2.24) is 14.5 Å². The van der Waals surface area contributed by atoms with Crippen LogP contribution < -0.4 is 5.73 Å². The minimum absolute atomic E-state index is 0.149. The molecule has 9 heteroatoms. The summed E-state index contributed by atoms with van der Waals surface area (Å²) in [5, 5.41) is 29.4. The summed E-state index contributed by atoms with van der Waals surface area (Å²) in [6.45, 7) is 4.21. The van der Waals surface area contributed by atoms with Crippen LogP contribution in [0.2, 0.25) is 8.87 Å². The minimum Gasteiger partial charge on any atom is -0.394 e. The summed E-state index contributed by atoms with van der Waals surface area (Å²) in [5.41, 5.74) is 6.23. The molecular formula is C19H32N4O4Sn. The number of aliphatic hydroxyl groups is 3. The van der Waals surface area contributed by atoms with Crippen LogP contribution in [0.15, 0.2) is 18.6 Å². The second-order valence-corrected chi connectivity index (χ2v) is 11.2. The van der Waals surface area contributed by atoms with E-state index in [1.165, 1.54) is 32.0 Å². The van der Waals surface area contributed by atoms with Crippen molar-refractivity contribution in [2.75, 3.05) is 12.3 Å². The SMILES string of the molecule is CCC[CH2][Sn][CH2]CCC.Nc1ncnc2c1ccn2C1OC(CO)C(O)C1O. The third-order valence-electron chi connectivity index (χ3n) is 4.75. The molecule has 1 aliphatic rings. The molecule has 2 aromatic rings. The molecule has 3 heterocycles. The zero-order valence-electron chi connectivity index (χ0n) is 16.7. The van der Waals surface area contributed by atoms with Gasteiger partial charge in [-0.2, -0.15) is 0 Å². The van der Waals surface area contributed by atoms with E-state index in [0.29, 0.717) is 16.9 Å². The first kappa shape index (κ1) is 23.3. The Morgan fingerprint density at radius 3 is 2.39 bits per heavy atom. The second-order valence-electron chi connectivity index (χ2n) is 6.91. The zero-order valence-corrected chi connectivity index (χ0v) is 19.5. The second kappa shape index (κ2) is 11.9. The number of fused-ring (bicyclic) bond motifs is 1. The number of ether oxygens (including phenoxy) is 1. The molecular weight excluding hydrogens is 467 g/mol. The number of nitrogens with zero attached hydrogens (tertiary/aromatic N) is 3. The Balaban J connectivity index is 0.000000266. The van der Waals surface area contributed by atoms with Crippen LogP contribution >= 0.6 is 0 Å². The number of rotatable bonds is 8. The summed E-state index contributed by atoms with van der Waals surface area (Å²) >= 11 is 0.149. The van der Waals surface area contributed by atoms with Gasteiger partial charge in [-0.3, -0.25) is 0 Å².